The Morgan fingerprint density at radius 3 is 2.48 bits per heavy atom. The maximum absolute atomic E-state index is 6.30. The highest BCUT2D eigenvalue weighted by Gasteiger charge is 2.17. The molecule has 0 N–H and O–H groups in total. The Labute approximate surface area is 138 Å². The highest BCUT2D eigenvalue weighted by atomic mass is 35.5. The van der Waals surface area contributed by atoms with Crippen LogP contribution in [0.5, 0.6) is 0 Å². The molecule has 5 heteroatoms. The van der Waals surface area contributed by atoms with Gasteiger partial charge in [0.2, 0.25) is 0 Å². The Balaban J connectivity index is 2.35. The quantitative estimate of drug-likeness (QED) is 0.528. The summed E-state index contributed by atoms with van der Waals surface area (Å²) in [6.45, 7) is 3.96. The zero-order chi connectivity index (χ0) is 15.1. The number of rotatable bonds is 2. The third-order valence-corrected chi connectivity index (χ3v) is 4.29. The lowest BCUT2D eigenvalue weighted by Gasteiger charge is -2.11. The Bertz CT molecular complexity index is 822. The summed E-state index contributed by atoms with van der Waals surface area (Å²) >= 11 is 18.4. The van der Waals surface area contributed by atoms with Crippen molar-refractivity contribution in [2.24, 2.45) is 0 Å². The molecule has 0 amide bonds. The van der Waals surface area contributed by atoms with Crippen LogP contribution in [0.1, 0.15) is 23.7 Å². The van der Waals surface area contributed by atoms with Gasteiger partial charge in [0.25, 0.3) is 0 Å². The van der Waals surface area contributed by atoms with E-state index in [0.717, 1.165) is 28.1 Å². The summed E-state index contributed by atoms with van der Waals surface area (Å²) in [5.41, 5.74) is 3.99. The molecule has 0 saturated carbocycles. The van der Waals surface area contributed by atoms with Crippen LogP contribution in [0.25, 0.3) is 16.7 Å². The summed E-state index contributed by atoms with van der Waals surface area (Å²) in [5, 5.41) is 0.825. The topological polar surface area (TPSA) is 17.8 Å². The van der Waals surface area contributed by atoms with Gasteiger partial charge in [-0.05, 0) is 49.7 Å². The van der Waals surface area contributed by atoms with E-state index in [2.05, 4.69) is 18.0 Å². The van der Waals surface area contributed by atoms with Crippen LogP contribution in [0.2, 0.25) is 10.0 Å². The molecule has 3 aromatic rings. The predicted molar refractivity (Wildman–Crippen MR) is 90.1 cm³/mol. The monoisotopic (exact) mass is 338 g/mol. The van der Waals surface area contributed by atoms with E-state index in [1.807, 2.05) is 35.8 Å². The minimum Gasteiger partial charge on any atom is -0.295 e. The highest BCUT2D eigenvalue weighted by molar-refractivity contribution is 6.42. The molecule has 2 aromatic carbocycles. The van der Waals surface area contributed by atoms with Gasteiger partial charge in [0.15, 0.2) is 0 Å². The third kappa shape index (κ3) is 2.64. The van der Waals surface area contributed by atoms with Crippen molar-refractivity contribution in [3.8, 4) is 5.69 Å². The van der Waals surface area contributed by atoms with E-state index in [4.69, 9.17) is 34.8 Å². The van der Waals surface area contributed by atoms with Crippen molar-refractivity contribution in [2.45, 2.75) is 19.2 Å². The first-order valence-corrected chi connectivity index (χ1v) is 7.75. The van der Waals surface area contributed by atoms with Crippen molar-refractivity contribution in [3.05, 3.63) is 57.8 Å². The first-order chi connectivity index (χ1) is 9.97. The summed E-state index contributed by atoms with van der Waals surface area (Å²) in [6.07, 6.45) is 0. The number of imidazole rings is 1. The molecule has 1 unspecified atom stereocenters. The Morgan fingerprint density at radius 2 is 1.81 bits per heavy atom. The Kier molecular flexibility index (Phi) is 3.87. The number of halogens is 3. The molecule has 1 aromatic heterocycles. The van der Waals surface area contributed by atoms with Gasteiger partial charge in [0.05, 0.1) is 26.5 Å². The fourth-order valence-electron chi connectivity index (χ4n) is 2.37. The van der Waals surface area contributed by atoms with Gasteiger partial charge < -0.3 is 0 Å². The summed E-state index contributed by atoms with van der Waals surface area (Å²) in [5.74, 6) is 0.788. The van der Waals surface area contributed by atoms with E-state index in [1.165, 1.54) is 0 Å². The van der Waals surface area contributed by atoms with Gasteiger partial charge in [-0.2, -0.15) is 0 Å². The zero-order valence-corrected chi connectivity index (χ0v) is 13.8. The van der Waals surface area contributed by atoms with E-state index < -0.39 is 0 Å². The van der Waals surface area contributed by atoms with E-state index in [1.54, 1.807) is 6.07 Å². The summed E-state index contributed by atoms with van der Waals surface area (Å²) in [4.78, 5) is 4.64. The van der Waals surface area contributed by atoms with Crippen LogP contribution in [0.15, 0.2) is 36.4 Å². The molecule has 0 aliphatic carbocycles. The van der Waals surface area contributed by atoms with E-state index in [0.29, 0.717) is 10.0 Å². The van der Waals surface area contributed by atoms with Gasteiger partial charge in [-0.1, -0.05) is 29.3 Å². The van der Waals surface area contributed by atoms with Gasteiger partial charge in [-0.25, -0.2) is 4.98 Å². The van der Waals surface area contributed by atoms with Crippen LogP contribution in [0.4, 0.5) is 0 Å². The molecule has 108 valence electrons. The lowest BCUT2D eigenvalue weighted by Crippen LogP contribution is -2.02. The average molecular weight is 340 g/mol. The van der Waals surface area contributed by atoms with Gasteiger partial charge >= 0.3 is 0 Å². The molecule has 0 bridgehead atoms. The normalized spacial score (nSPS) is 12.8. The lowest BCUT2D eigenvalue weighted by molar-refractivity contribution is 0.882. The summed E-state index contributed by atoms with van der Waals surface area (Å²) in [6, 6.07) is 11.7. The molecule has 0 saturated heterocycles. The van der Waals surface area contributed by atoms with E-state index in [-0.39, 0.29) is 5.38 Å². The van der Waals surface area contributed by atoms with Gasteiger partial charge in [-0.15, -0.1) is 11.6 Å². The predicted octanol–water partition coefficient (Wildman–Crippen LogP) is 5.94. The van der Waals surface area contributed by atoms with Crippen LogP contribution in [0, 0.1) is 6.92 Å². The zero-order valence-electron chi connectivity index (χ0n) is 11.6. The fourth-order valence-corrected chi connectivity index (χ4v) is 2.80. The van der Waals surface area contributed by atoms with Gasteiger partial charge in [0.1, 0.15) is 5.82 Å². The molecule has 1 heterocycles. The van der Waals surface area contributed by atoms with E-state index in [9.17, 15) is 0 Å². The minimum atomic E-state index is -0.216. The van der Waals surface area contributed by atoms with Crippen LogP contribution in [-0.4, -0.2) is 9.55 Å². The second-order valence-corrected chi connectivity index (χ2v) is 6.48. The number of aryl methyl sites for hydroxylation is 1. The molecule has 21 heavy (non-hydrogen) atoms. The van der Waals surface area contributed by atoms with Crippen molar-refractivity contribution in [1.82, 2.24) is 9.55 Å². The van der Waals surface area contributed by atoms with Gasteiger partial charge in [-0.3, -0.25) is 4.57 Å². The lowest BCUT2D eigenvalue weighted by atomic mass is 10.2. The Hall–Kier alpha value is -1.22. The first-order valence-electron chi connectivity index (χ1n) is 6.56. The number of hydrogen-bond acceptors (Lipinski definition) is 1. The number of fused-ring (bicyclic) bond motifs is 1. The maximum Gasteiger partial charge on any atom is 0.132 e. The molecular formula is C16H13Cl3N2. The third-order valence-electron chi connectivity index (χ3n) is 3.35. The molecular weight excluding hydrogens is 327 g/mol. The van der Waals surface area contributed by atoms with Crippen molar-refractivity contribution in [2.75, 3.05) is 0 Å². The molecule has 0 aliphatic rings. The average Bonchev–Trinajstić information content (AvgIpc) is 2.80. The fraction of sp³-hybridized carbons (Fsp3) is 0.188. The molecule has 0 spiro atoms. The molecule has 0 radical (unpaired) electrons. The largest absolute Gasteiger partial charge is 0.295 e. The van der Waals surface area contributed by atoms with Crippen LogP contribution < -0.4 is 0 Å². The molecule has 2 nitrogen and oxygen atoms in total. The molecule has 0 fully saturated rings. The minimum absolute atomic E-state index is 0.216. The second kappa shape index (κ2) is 5.53. The molecule has 1 atom stereocenters. The van der Waals surface area contributed by atoms with Crippen molar-refractivity contribution in [1.29, 1.82) is 0 Å². The van der Waals surface area contributed by atoms with Crippen molar-refractivity contribution < 1.29 is 0 Å². The molecule has 0 aliphatic heterocycles. The van der Waals surface area contributed by atoms with Crippen molar-refractivity contribution >= 4 is 45.8 Å². The molecule has 3 rings (SSSR count). The summed E-state index contributed by atoms with van der Waals surface area (Å²) < 4.78 is 2.03. The Morgan fingerprint density at radius 1 is 1.05 bits per heavy atom. The highest BCUT2D eigenvalue weighted by Crippen LogP contribution is 2.31. The standard InChI is InChI=1S/C16H13Cl3N2/c1-9-3-6-14-15(7-9)21(16(20-14)10(2)17)11-4-5-12(18)13(19)8-11/h3-8,10H,1-2H3. The maximum atomic E-state index is 6.30. The SMILES string of the molecule is Cc1ccc2nc(C(C)Cl)n(-c3ccc(Cl)c(Cl)c3)c2c1. The van der Waals surface area contributed by atoms with Crippen LogP contribution >= 0.6 is 34.8 Å². The van der Waals surface area contributed by atoms with Crippen LogP contribution in [-0.2, 0) is 0 Å². The second-order valence-electron chi connectivity index (χ2n) is 5.01. The smallest absolute Gasteiger partial charge is 0.132 e. The number of alkyl halides is 1. The van der Waals surface area contributed by atoms with E-state index >= 15 is 0 Å². The number of nitrogens with zero attached hydrogens (tertiary/aromatic N) is 2. The van der Waals surface area contributed by atoms with Crippen molar-refractivity contribution in [3.63, 3.8) is 0 Å². The van der Waals surface area contributed by atoms with Crippen LogP contribution in [0.3, 0.4) is 0 Å². The van der Waals surface area contributed by atoms with Gasteiger partial charge in [0, 0.05) is 5.69 Å². The first kappa shape index (κ1) is 14.7. The number of benzene rings is 2. The number of hydrogen-bond donors (Lipinski definition) is 0. The number of aromatic nitrogens is 2. The summed E-state index contributed by atoms with van der Waals surface area (Å²) in [7, 11) is 0.